The predicted octanol–water partition coefficient (Wildman–Crippen LogP) is 3.63. The van der Waals surface area contributed by atoms with Gasteiger partial charge in [-0.25, -0.2) is 4.79 Å². The van der Waals surface area contributed by atoms with Crippen LogP contribution in [0.5, 0.6) is 5.75 Å². The normalized spacial score (nSPS) is 29.0. The summed E-state index contributed by atoms with van der Waals surface area (Å²) in [7, 11) is 0. The van der Waals surface area contributed by atoms with Crippen molar-refractivity contribution in [1.82, 2.24) is 14.7 Å². The Morgan fingerprint density at radius 1 is 1.11 bits per heavy atom. The van der Waals surface area contributed by atoms with Crippen LogP contribution in [0, 0.1) is 0 Å². The Balaban J connectivity index is 1.34. The molecule has 3 amide bonds. The van der Waals surface area contributed by atoms with E-state index >= 15 is 0 Å². The van der Waals surface area contributed by atoms with Crippen LogP contribution in [0.2, 0.25) is 0 Å². The van der Waals surface area contributed by atoms with Gasteiger partial charge in [-0.3, -0.25) is 9.38 Å². The second-order valence-corrected chi connectivity index (χ2v) is 15.2. The fourth-order valence-corrected chi connectivity index (χ4v) is 9.14. The Morgan fingerprint density at radius 3 is 2.51 bits per heavy atom. The maximum atomic E-state index is 13.7. The zero-order chi connectivity index (χ0) is 33.4. The number of hydrogen-bond donors (Lipinski definition) is 3. The molecule has 6 rings (SSSR count). The molecule has 4 aliphatic rings. The maximum absolute atomic E-state index is 13.7. The van der Waals surface area contributed by atoms with Gasteiger partial charge < -0.3 is 40.7 Å². The van der Waals surface area contributed by atoms with E-state index in [1.165, 1.54) is 0 Å². The minimum absolute atomic E-state index is 0.00761. The number of nitrogens with one attached hydrogen (secondary N) is 1. The molecule has 4 heterocycles. The van der Waals surface area contributed by atoms with E-state index in [9.17, 15) is 24.6 Å². The van der Waals surface area contributed by atoms with Crippen molar-refractivity contribution in [3.63, 3.8) is 0 Å². The number of aromatic hydroxyl groups is 1. The van der Waals surface area contributed by atoms with E-state index in [-0.39, 0.29) is 42.9 Å². The fourth-order valence-electron chi connectivity index (χ4n) is 8.72. The average molecular weight is 712 g/mol. The summed E-state index contributed by atoms with van der Waals surface area (Å²) in [5, 5.41) is 26.9. The fraction of sp³-hybridized carbons (Fsp3) is 0.571. The first kappa shape index (κ1) is 33.9. The van der Waals surface area contributed by atoms with E-state index in [0.29, 0.717) is 55.0 Å². The van der Waals surface area contributed by atoms with Gasteiger partial charge in [0.2, 0.25) is 0 Å². The minimum Gasteiger partial charge on any atom is -0.507 e. The first-order valence-electron chi connectivity index (χ1n) is 16.9. The Bertz CT molecular complexity index is 1490. The highest BCUT2D eigenvalue weighted by Gasteiger charge is 2.61. The molecule has 0 aliphatic carbocycles. The van der Waals surface area contributed by atoms with Crippen LogP contribution >= 0.6 is 15.9 Å². The number of fused-ring (bicyclic) bond motifs is 1. The van der Waals surface area contributed by atoms with Crippen LogP contribution in [0.1, 0.15) is 63.0 Å². The van der Waals surface area contributed by atoms with Crippen molar-refractivity contribution in [2.45, 2.75) is 88.1 Å². The summed E-state index contributed by atoms with van der Waals surface area (Å²) in [6.45, 7) is 6.04. The standard InChI is InChI=1S/C35H47BrN6O5/c1-34(37)12-18-39(19-13-34)27-9-15-40(16-10-27)35(14-21-43)23-28(41-17-8-26-4-2-3-5-30(26)38-32(41)45)11-20-42(35,33(46)47)24-25-6-7-31(44)29(36)22-25/h2-7,21-22,27-28H,8-20,23-24,37H2,1H3,(H2-,38,44,45,46,47)/t28?,35?,42-/m0/s1. The molecule has 0 saturated carbocycles. The molecular weight excluding hydrogens is 664 g/mol. The summed E-state index contributed by atoms with van der Waals surface area (Å²) in [6, 6.07) is 12.7. The van der Waals surface area contributed by atoms with E-state index in [1.807, 2.05) is 29.2 Å². The topological polar surface area (TPSA) is 142 Å². The lowest BCUT2D eigenvalue weighted by Crippen LogP contribution is -2.80. The molecule has 47 heavy (non-hydrogen) atoms. The number of aldehydes is 1. The number of para-hydroxylation sites is 1. The summed E-state index contributed by atoms with van der Waals surface area (Å²) in [5.74, 6) is 0.0644. The molecule has 0 bridgehead atoms. The lowest BCUT2D eigenvalue weighted by atomic mass is 9.81. The molecule has 0 aromatic heterocycles. The molecule has 3 saturated heterocycles. The largest absolute Gasteiger partial charge is 0.507 e. The van der Waals surface area contributed by atoms with Crippen molar-refractivity contribution < 1.29 is 29.1 Å². The number of carboxylic acid groups (broad SMARTS) is 1. The molecule has 2 aromatic rings. The number of quaternary nitrogens is 1. The molecular formula is C35H47BrN6O5. The quantitative estimate of drug-likeness (QED) is 0.292. The molecule has 12 heteroatoms. The predicted molar refractivity (Wildman–Crippen MR) is 180 cm³/mol. The van der Waals surface area contributed by atoms with E-state index in [4.69, 9.17) is 5.73 Å². The lowest BCUT2D eigenvalue weighted by molar-refractivity contribution is -0.956. The monoisotopic (exact) mass is 710 g/mol. The minimum atomic E-state index is -1.23. The highest BCUT2D eigenvalue weighted by Crippen LogP contribution is 2.46. The average Bonchev–Trinajstić information content (AvgIpc) is 3.22. The van der Waals surface area contributed by atoms with Crippen LogP contribution < -0.4 is 16.2 Å². The molecule has 3 atom stereocenters. The Kier molecular flexibility index (Phi) is 9.70. The van der Waals surface area contributed by atoms with Gasteiger partial charge in [-0.1, -0.05) is 18.2 Å². The zero-order valence-corrected chi connectivity index (χ0v) is 28.8. The summed E-state index contributed by atoms with van der Waals surface area (Å²) < 4.78 is 0.0220. The lowest BCUT2D eigenvalue weighted by Gasteiger charge is -2.62. The number of anilines is 1. The van der Waals surface area contributed by atoms with E-state index < -0.39 is 16.2 Å². The third-order valence-corrected chi connectivity index (χ3v) is 12.2. The number of carbonyl (C=O) groups is 3. The number of likely N-dealkylation sites (tertiary alicyclic amines) is 3. The number of halogens is 1. The van der Waals surface area contributed by atoms with Crippen molar-refractivity contribution in [2.24, 2.45) is 5.73 Å². The summed E-state index contributed by atoms with van der Waals surface area (Å²) in [5.41, 5.74) is 7.70. The number of nitrogens with two attached hydrogens (primary N) is 1. The summed E-state index contributed by atoms with van der Waals surface area (Å²) in [4.78, 5) is 46.6. The van der Waals surface area contributed by atoms with E-state index in [1.54, 1.807) is 18.2 Å². The van der Waals surface area contributed by atoms with E-state index in [2.05, 4.69) is 38.0 Å². The second-order valence-electron chi connectivity index (χ2n) is 14.3. The molecule has 0 radical (unpaired) electrons. The van der Waals surface area contributed by atoms with Crippen LogP contribution in [0.25, 0.3) is 0 Å². The van der Waals surface area contributed by atoms with Gasteiger partial charge in [0.05, 0.1) is 17.4 Å². The van der Waals surface area contributed by atoms with Gasteiger partial charge in [0.15, 0.2) is 5.66 Å². The number of piperidine rings is 3. The van der Waals surface area contributed by atoms with Gasteiger partial charge in [0, 0.05) is 74.4 Å². The SMILES string of the molecule is CC1(N)CCN(C2CCN(C3(CC=O)CC(N4CCc5ccccc5NC4=O)CC[N@+]3(Cc3ccc(O)c(Br)c3)C(=O)[O-])CC2)CC1. The van der Waals surface area contributed by atoms with Gasteiger partial charge in [0.1, 0.15) is 18.6 Å². The number of carbonyl (C=O) groups excluding carboxylic acids is 3. The Hall–Kier alpha value is -3.03. The number of amides is 3. The maximum Gasteiger partial charge on any atom is 0.322 e. The molecule has 4 N–H and O–H groups in total. The van der Waals surface area contributed by atoms with Crippen LogP contribution in [-0.2, 0) is 17.8 Å². The van der Waals surface area contributed by atoms with Crippen LogP contribution in [0.4, 0.5) is 15.3 Å². The number of phenolic OH excluding ortho intramolecular Hbond substituents is 1. The van der Waals surface area contributed by atoms with Crippen LogP contribution in [0.3, 0.4) is 0 Å². The number of urea groups is 1. The van der Waals surface area contributed by atoms with Crippen LogP contribution in [0.15, 0.2) is 46.9 Å². The van der Waals surface area contributed by atoms with Crippen LogP contribution in [-0.4, -0.2) is 105 Å². The van der Waals surface area contributed by atoms with Gasteiger partial charge in [0.25, 0.3) is 6.09 Å². The molecule has 11 nitrogen and oxygen atoms in total. The molecule has 0 spiro atoms. The first-order chi connectivity index (χ1) is 22.5. The Labute approximate surface area is 285 Å². The highest BCUT2D eigenvalue weighted by atomic mass is 79.9. The molecule has 2 aromatic carbocycles. The van der Waals surface area contributed by atoms with E-state index in [0.717, 1.165) is 56.3 Å². The molecule has 254 valence electrons. The smallest absolute Gasteiger partial charge is 0.322 e. The van der Waals surface area contributed by atoms with Crippen molar-refractivity contribution >= 4 is 40.0 Å². The second kappa shape index (κ2) is 13.5. The van der Waals surface area contributed by atoms with Gasteiger partial charge >= 0.3 is 6.03 Å². The van der Waals surface area contributed by atoms with Gasteiger partial charge in [-0.05, 0) is 84.8 Å². The molecule has 3 fully saturated rings. The first-order valence-corrected chi connectivity index (χ1v) is 17.7. The number of phenols is 1. The Morgan fingerprint density at radius 2 is 1.83 bits per heavy atom. The number of rotatable bonds is 7. The van der Waals surface area contributed by atoms with Crippen molar-refractivity contribution in [3.05, 3.63) is 58.1 Å². The number of benzene rings is 2. The zero-order valence-electron chi connectivity index (χ0n) is 27.2. The highest BCUT2D eigenvalue weighted by molar-refractivity contribution is 9.10. The number of nitrogens with zero attached hydrogens (tertiary/aromatic N) is 4. The summed E-state index contributed by atoms with van der Waals surface area (Å²) in [6.07, 6.45) is 4.64. The van der Waals surface area contributed by atoms with Gasteiger partial charge in [-0.2, -0.15) is 0 Å². The third kappa shape index (κ3) is 6.55. The van der Waals surface area contributed by atoms with Crippen molar-refractivity contribution in [2.75, 3.05) is 44.6 Å². The molecule has 4 aliphatic heterocycles. The van der Waals surface area contributed by atoms with Crippen molar-refractivity contribution in [1.29, 1.82) is 0 Å². The van der Waals surface area contributed by atoms with Crippen molar-refractivity contribution in [3.8, 4) is 5.75 Å². The van der Waals surface area contributed by atoms with Gasteiger partial charge in [-0.15, -0.1) is 0 Å². The summed E-state index contributed by atoms with van der Waals surface area (Å²) >= 11 is 3.39. The molecule has 2 unspecified atom stereocenters. The third-order valence-electron chi connectivity index (χ3n) is 11.5. The number of hydrogen-bond acceptors (Lipinski definition) is 8.